The Morgan fingerprint density at radius 2 is 2.25 bits per heavy atom. The van der Waals surface area contributed by atoms with Crippen LogP contribution in [-0.2, 0) is 11.2 Å². The van der Waals surface area contributed by atoms with Gasteiger partial charge in [0.1, 0.15) is 17.4 Å². The molecule has 0 aliphatic carbocycles. The fourth-order valence-electron chi connectivity index (χ4n) is 1.57. The normalized spacial score (nSPS) is 9.80. The Kier molecular flexibility index (Phi) is 4.18. The van der Waals surface area contributed by atoms with Crippen LogP contribution in [0.2, 0.25) is 5.02 Å². The van der Waals surface area contributed by atoms with Gasteiger partial charge in [0, 0.05) is 6.20 Å². The number of carboxylic acids is 1. The van der Waals surface area contributed by atoms with Crippen LogP contribution in [0.15, 0.2) is 36.5 Å². The van der Waals surface area contributed by atoms with Crippen molar-refractivity contribution in [2.24, 2.45) is 0 Å². The van der Waals surface area contributed by atoms with Crippen molar-refractivity contribution in [1.82, 2.24) is 4.98 Å². The van der Waals surface area contributed by atoms with Crippen LogP contribution in [0.1, 0.15) is 11.1 Å². The lowest BCUT2D eigenvalue weighted by molar-refractivity contribution is -0.136. The Balaban J connectivity index is 2.26. The number of ether oxygens (including phenoxy) is 1. The lowest BCUT2D eigenvalue weighted by Gasteiger charge is -2.08. The molecule has 1 heterocycles. The first-order chi connectivity index (χ1) is 9.60. The molecule has 5 nitrogen and oxygen atoms in total. The van der Waals surface area contributed by atoms with Crippen LogP contribution in [0.25, 0.3) is 0 Å². The first kappa shape index (κ1) is 13.8. The molecule has 0 saturated heterocycles. The minimum absolute atomic E-state index is 0.118. The van der Waals surface area contributed by atoms with Gasteiger partial charge in [-0.1, -0.05) is 17.7 Å². The van der Waals surface area contributed by atoms with E-state index in [1.165, 1.54) is 12.3 Å². The van der Waals surface area contributed by atoms with E-state index in [1.807, 2.05) is 6.07 Å². The van der Waals surface area contributed by atoms with Gasteiger partial charge in [-0.3, -0.25) is 4.79 Å². The van der Waals surface area contributed by atoms with Crippen molar-refractivity contribution in [3.63, 3.8) is 0 Å². The van der Waals surface area contributed by atoms with Crippen LogP contribution in [0.3, 0.4) is 0 Å². The lowest BCUT2D eigenvalue weighted by atomic mass is 10.1. The molecule has 20 heavy (non-hydrogen) atoms. The van der Waals surface area contributed by atoms with Crippen LogP contribution in [-0.4, -0.2) is 16.1 Å². The van der Waals surface area contributed by atoms with E-state index in [4.69, 9.17) is 26.7 Å². The minimum atomic E-state index is -0.939. The smallest absolute Gasteiger partial charge is 0.307 e. The van der Waals surface area contributed by atoms with E-state index in [1.54, 1.807) is 24.3 Å². The summed E-state index contributed by atoms with van der Waals surface area (Å²) < 4.78 is 5.48. The summed E-state index contributed by atoms with van der Waals surface area (Å²) in [5.74, 6) is -0.467. The number of carboxylic acid groups (broad SMARTS) is 1. The summed E-state index contributed by atoms with van der Waals surface area (Å²) in [4.78, 5) is 14.6. The number of aromatic nitrogens is 1. The van der Waals surface area contributed by atoms with Gasteiger partial charge in [0.05, 0.1) is 11.4 Å². The number of hydrogen-bond donors (Lipinski definition) is 1. The molecule has 2 aromatic rings. The van der Waals surface area contributed by atoms with Gasteiger partial charge in [-0.15, -0.1) is 0 Å². The maximum atomic E-state index is 10.6. The predicted molar refractivity (Wildman–Crippen MR) is 71.8 cm³/mol. The zero-order valence-corrected chi connectivity index (χ0v) is 11.0. The third-order valence-corrected chi connectivity index (χ3v) is 2.75. The van der Waals surface area contributed by atoms with Crippen LogP contribution < -0.4 is 4.74 Å². The maximum absolute atomic E-state index is 10.6. The lowest BCUT2D eigenvalue weighted by Crippen LogP contribution is -2.00. The quantitative estimate of drug-likeness (QED) is 0.935. The second-order valence-electron chi connectivity index (χ2n) is 3.91. The Morgan fingerprint density at radius 3 is 2.90 bits per heavy atom. The monoisotopic (exact) mass is 288 g/mol. The number of nitriles is 1. The molecule has 0 radical (unpaired) electrons. The van der Waals surface area contributed by atoms with E-state index in [2.05, 4.69) is 4.98 Å². The molecule has 1 N–H and O–H groups in total. The Morgan fingerprint density at radius 1 is 1.45 bits per heavy atom. The topological polar surface area (TPSA) is 83.2 Å². The van der Waals surface area contributed by atoms with E-state index in [0.29, 0.717) is 11.3 Å². The second-order valence-corrected chi connectivity index (χ2v) is 4.31. The van der Waals surface area contributed by atoms with Crippen LogP contribution >= 0.6 is 11.6 Å². The van der Waals surface area contributed by atoms with E-state index in [9.17, 15) is 4.79 Å². The van der Waals surface area contributed by atoms with Gasteiger partial charge in [0.2, 0.25) is 5.88 Å². The van der Waals surface area contributed by atoms with Crippen LogP contribution in [0.5, 0.6) is 11.6 Å². The number of pyridine rings is 1. The largest absolute Gasteiger partial charge is 0.481 e. The molecule has 0 bridgehead atoms. The molecule has 2 rings (SSSR count). The molecule has 0 unspecified atom stereocenters. The fraction of sp³-hybridized carbons (Fsp3) is 0.0714. The average Bonchev–Trinajstić information content (AvgIpc) is 2.42. The summed E-state index contributed by atoms with van der Waals surface area (Å²) >= 11 is 6.03. The standard InChI is InChI=1S/C14H9ClN2O3/c15-11-6-9(7-13(18)19)3-4-12(11)20-14-10(8-16)2-1-5-17-14/h1-6H,7H2,(H,18,19). The fourth-order valence-corrected chi connectivity index (χ4v) is 1.81. The predicted octanol–water partition coefficient (Wildman–Crippen LogP) is 3.03. The number of carbonyl (C=O) groups is 1. The SMILES string of the molecule is N#Cc1cccnc1Oc1ccc(CC(=O)O)cc1Cl. The molecule has 0 amide bonds. The summed E-state index contributed by atoms with van der Waals surface area (Å²) in [7, 11) is 0. The zero-order chi connectivity index (χ0) is 14.5. The number of hydrogen-bond acceptors (Lipinski definition) is 4. The van der Waals surface area contributed by atoms with Gasteiger partial charge in [-0.05, 0) is 29.8 Å². The maximum Gasteiger partial charge on any atom is 0.307 e. The number of benzene rings is 1. The van der Waals surface area contributed by atoms with Crippen molar-refractivity contribution in [3.05, 3.63) is 52.7 Å². The van der Waals surface area contributed by atoms with Crippen molar-refractivity contribution in [2.75, 3.05) is 0 Å². The summed E-state index contributed by atoms with van der Waals surface area (Å²) in [6.07, 6.45) is 1.38. The molecular weight excluding hydrogens is 280 g/mol. The van der Waals surface area contributed by atoms with Crippen molar-refractivity contribution in [1.29, 1.82) is 5.26 Å². The summed E-state index contributed by atoms with van der Waals surface area (Å²) in [5.41, 5.74) is 0.856. The third-order valence-electron chi connectivity index (χ3n) is 2.45. The van der Waals surface area contributed by atoms with Gasteiger partial charge < -0.3 is 9.84 Å². The van der Waals surface area contributed by atoms with Crippen molar-refractivity contribution in [3.8, 4) is 17.7 Å². The van der Waals surface area contributed by atoms with E-state index < -0.39 is 5.97 Å². The van der Waals surface area contributed by atoms with Crippen LogP contribution in [0.4, 0.5) is 0 Å². The highest BCUT2D eigenvalue weighted by Gasteiger charge is 2.10. The van der Waals surface area contributed by atoms with E-state index in [0.717, 1.165) is 0 Å². The van der Waals surface area contributed by atoms with E-state index >= 15 is 0 Å². The molecule has 0 aliphatic rings. The van der Waals surface area contributed by atoms with Crippen LogP contribution in [0, 0.1) is 11.3 Å². The molecule has 0 atom stereocenters. The Labute approximate surface area is 120 Å². The molecular formula is C14H9ClN2O3. The van der Waals surface area contributed by atoms with Gasteiger partial charge >= 0.3 is 5.97 Å². The van der Waals surface area contributed by atoms with Gasteiger partial charge in [0.15, 0.2) is 0 Å². The molecule has 0 aliphatic heterocycles. The van der Waals surface area contributed by atoms with Crippen molar-refractivity contribution < 1.29 is 14.6 Å². The van der Waals surface area contributed by atoms with Gasteiger partial charge in [-0.25, -0.2) is 4.98 Å². The highest BCUT2D eigenvalue weighted by molar-refractivity contribution is 6.32. The van der Waals surface area contributed by atoms with Crippen molar-refractivity contribution in [2.45, 2.75) is 6.42 Å². The molecule has 1 aromatic carbocycles. The molecule has 0 fully saturated rings. The van der Waals surface area contributed by atoms with Gasteiger partial charge in [-0.2, -0.15) is 5.26 Å². The molecule has 0 saturated carbocycles. The first-order valence-corrected chi connectivity index (χ1v) is 6.01. The third kappa shape index (κ3) is 3.25. The first-order valence-electron chi connectivity index (χ1n) is 5.63. The van der Waals surface area contributed by atoms with E-state index in [-0.39, 0.29) is 22.9 Å². The van der Waals surface area contributed by atoms with Crippen molar-refractivity contribution >= 4 is 17.6 Å². The van der Waals surface area contributed by atoms with Gasteiger partial charge in [0.25, 0.3) is 0 Å². The molecule has 100 valence electrons. The molecule has 0 spiro atoms. The molecule has 1 aromatic heterocycles. The molecule has 6 heteroatoms. The average molecular weight is 289 g/mol. The number of halogens is 1. The zero-order valence-electron chi connectivity index (χ0n) is 10.2. The Bertz CT molecular complexity index is 695. The highest BCUT2D eigenvalue weighted by atomic mass is 35.5. The number of nitrogens with zero attached hydrogens (tertiary/aromatic N) is 2. The summed E-state index contributed by atoms with van der Waals surface area (Å²) in [6, 6.07) is 9.84. The summed E-state index contributed by atoms with van der Waals surface area (Å²) in [5, 5.41) is 17.9. The number of rotatable bonds is 4. The second kappa shape index (κ2) is 6.04. The highest BCUT2D eigenvalue weighted by Crippen LogP contribution is 2.30. The Hall–Kier alpha value is -2.58. The number of aliphatic carboxylic acids is 1. The minimum Gasteiger partial charge on any atom is -0.481 e. The summed E-state index contributed by atoms with van der Waals surface area (Å²) in [6.45, 7) is 0.